The SMILES string of the molecule is Cc1c(COc2cc(OCc3cncc(C#N)c3)c(CN(C)C[C@@H](O)C([Si])[C@H](O)[C@@H](O)[C@@H](O)CO)cc2Cl)cccc1-c1ccc2c(c1)OCCO2. The van der Waals surface area contributed by atoms with Gasteiger partial charge in [-0.2, -0.15) is 5.26 Å². The van der Waals surface area contributed by atoms with Crippen molar-refractivity contribution >= 4 is 21.8 Å². The van der Waals surface area contributed by atoms with E-state index in [4.69, 9.17) is 35.7 Å². The number of nitriles is 1. The van der Waals surface area contributed by atoms with Crippen LogP contribution in [0.15, 0.2) is 67.0 Å². The summed E-state index contributed by atoms with van der Waals surface area (Å²) < 4.78 is 24.0. The normalized spacial score (nSPS) is 15.3. The number of aliphatic hydroxyl groups is 5. The maximum absolute atomic E-state index is 10.8. The molecule has 1 unspecified atom stereocenters. The fourth-order valence-corrected chi connectivity index (χ4v) is 6.36. The summed E-state index contributed by atoms with van der Waals surface area (Å²) in [5.41, 5.74) is 4.71. The van der Waals surface area contributed by atoms with E-state index in [1.54, 1.807) is 36.3 Å². The van der Waals surface area contributed by atoms with Crippen LogP contribution in [0.3, 0.4) is 0 Å². The second-order valence-electron chi connectivity index (χ2n) is 12.6. The molecule has 3 radical (unpaired) electrons. The summed E-state index contributed by atoms with van der Waals surface area (Å²) in [7, 11) is 5.02. The van der Waals surface area contributed by atoms with E-state index in [0.717, 1.165) is 28.0 Å². The van der Waals surface area contributed by atoms with Crippen molar-refractivity contribution < 1.29 is 44.5 Å². The third kappa shape index (κ3) is 9.60. The molecular formula is C38H41ClN3O9Si. The van der Waals surface area contributed by atoms with E-state index in [-0.39, 0.29) is 26.3 Å². The number of rotatable bonds is 16. The van der Waals surface area contributed by atoms with Gasteiger partial charge in [0.1, 0.15) is 56.2 Å². The zero-order valence-corrected chi connectivity index (χ0v) is 30.5. The first-order valence-corrected chi connectivity index (χ1v) is 17.6. The Kier molecular flexibility index (Phi) is 13.5. The molecule has 2 heterocycles. The van der Waals surface area contributed by atoms with Crippen LogP contribution in [0.2, 0.25) is 10.6 Å². The molecule has 52 heavy (non-hydrogen) atoms. The lowest BCUT2D eigenvalue weighted by molar-refractivity contribution is -0.0884. The number of pyridine rings is 1. The van der Waals surface area contributed by atoms with E-state index in [0.29, 0.717) is 52.2 Å². The number of likely N-dealkylation sites (N-methyl/N-ethyl adjacent to an activating group) is 1. The van der Waals surface area contributed by atoms with Gasteiger partial charge >= 0.3 is 0 Å². The molecular weight excluding hydrogens is 706 g/mol. The first-order valence-electron chi connectivity index (χ1n) is 16.6. The van der Waals surface area contributed by atoms with Crippen LogP contribution in [0.4, 0.5) is 0 Å². The molecule has 3 aromatic carbocycles. The molecule has 4 aromatic rings. The lowest BCUT2D eigenvalue weighted by Crippen LogP contribution is -2.46. The highest BCUT2D eigenvalue weighted by Gasteiger charge is 2.33. The van der Waals surface area contributed by atoms with Crippen molar-refractivity contribution in [2.24, 2.45) is 0 Å². The zero-order valence-electron chi connectivity index (χ0n) is 28.8. The maximum atomic E-state index is 10.8. The van der Waals surface area contributed by atoms with Gasteiger partial charge in [-0.05, 0) is 60.5 Å². The van der Waals surface area contributed by atoms with Crippen LogP contribution in [-0.2, 0) is 19.8 Å². The number of aromatic nitrogens is 1. The van der Waals surface area contributed by atoms with Crippen LogP contribution in [0.25, 0.3) is 11.1 Å². The molecule has 0 spiro atoms. The van der Waals surface area contributed by atoms with Gasteiger partial charge in [-0.25, -0.2) is 0 Å². The van der Waals surface area contributed by atoms with E-state index >= 15 is 0 Å². The summed E-state index contributed by atoms with van der Waals surface area (Å²) >= 11 is 6.79. The second kappa shape index (κ2) is 18.0. The number of halogens is 1. The summed E-state index contributed by atoms with van der Waals surface area (Å²) in [6.07, 6.45) is -2.91. The molecule has 5 rings (SSSR count). The van der Waals surface area contributed by atoms with Gasteiger partial charge in [-0.3, -0.25) is 9.88 Å². The molecule has 273 valence electrons. The molecule has 14 heteroatoms. The second-order valence-corrected chi connectivity index (χ2v) is 13.7. The molecule has 1 aromatic heterocycles. The van der Waals surface area contributed by atoms with Crippen molar-refractivity contribution in [3.8, 4) is 40.2 Å². The third-order valence-corrected chi connectivity index (χ3v) is 9.79. The van der Waals surface area contributed by atoms with E-state index in [2.05, 4.69) is 21.3 Å². The fraction of sp³-hybridized carbons (Fsp3) is 0.368. The van der Waals surface area contributed by atoms with E-state index in [1.807, 2.05) is 43.3 Å². The summed E-state index contributed by atoms with van der Waals surface area (Å²) in [6.45, 7) is 2.90. The number of ether oxygens (including phenoxy) is 4. The monoisotopic (exact) mass is 746 g/mol. The lowest BCUT2D eigenvalue weighted by Gasteiger charge is -2.31. The van der Waals surface area contributed by atoms with Crippen molar-refractivity contribution in [2.45, 2.75) is 56.6 Å². The van der Waals surface area contributed by atoms with E-state index in [1.165, 1.54) is 6.20 Å². The molecule has 1 aliphatic heterocycles. The van der Waals surface area contributed by atoms with Gasteiger partial charge in [0.2, 0.25) is 0 Å². The number of nitrogens with zero attached hydrogens (tertiary/aromatic N) is 3. The summed E-state index contributed by atoms with van der Waals surface area (Å²) in [5.74, 6) is 2.26. The van der Waals surface area contributed by atoms with Crippen molar-refractivity contribution in [3.63, 3.8) is 0 Å². The lowest BCUT2D eigenvalue weighted by atomic mass is 9.96. The number of hydrogen-bond donors (Lipinski definition) is 5. The van der Waals surface area contributed by atoms with Crippen LogP contribution >= 0.6 is 11.6 Å². The van der Waals surface area contributed by atoms with Crippen LogP contribution in [-0.4, -0.2) is 103 Å². The third-order valence-electron chi connectivity index (χ3n) is 8.77. The Balaban J connectivity index is 1.34. The van der Waals surface area contributed by atoms with Crippen LogP contribution in [0.5, 0.6) is 23.0 Å². The fourth-order valence-electron chi connectivity index (χ4n) is 5.82. The summed E-state index contributed by atoms with van der Waals surface area (Å²) in [5, 5.41) is 59.8. The number of benzene rings is 3. The minimum atomic E-state index is -1.67. The van der Waals surface area contributed by atoms with Gasteiger partial charge in [-0.1, -0.05) is 35.9 Å². The van der Waals surface area contributed by atoms with Gasteiger partial charge in [0.25, 0.3) is 0 Å². The first kappa shape index (κ1) is 39.0. The summed E-state index contributed by atoms with van der Waals surface area (Å²) in [4.78, 5) is 5.88. The highest BCUT2D eigenvalue weighted by Crippen LogP contribution is 2.38. The van der Waals surface area contributed by atoms with Gasteiger partial charge in [0, 0.05) is 58.5 Å². The number of aliphatic hydroxyl groups excluding tert-OH is 5. The van der Waals surface area contributed by atoms with Gasteiger partial charge < -0.3 is 44.5 Å². The Hall–Kier alpha value is -4.23. The Bertz CT molecular complexity index is 1880. The van der Waals surface area contributed by atoms with E-state index in [9.17, 15) is 25.7 Å². The minimum absolute atomic E-state index is 0.0373. The average molecular weight is 747 g/mol. The molecule has 0 saturated carbocycles. The largest absolute Gasteiger partial charge is 0.488 e. The Morgan fingerprint density at radius 1 is 0.923 bits per heavy atom. The first-order chi connectivity index (χ1) is 25.0. The average Bonchev–Trinajstić information content (AvgIpc) is 3.16. The maximum Gasteiger partial charge on any atom is 0.161 e. The quantitative estimate of drug-likeness (QED) is 0.106. The molecule has 5 atom stereocenters. The van der Waals surface area contributed by atoms with Gasteiger partial charge in [0.05, 0.1) is 29.4 Å². The van der Waals surface area contributed by atoms with Crippen molar-refractivity contribution in [1.29, 1.82) is 5.26 Å². The van der Waals surface area contributed by atoms with Crippen molar-refractivity contribution in [3.05, 3.63) is 99.8 Å². The van der Waals surface area contributed by atoms with E-state index < -0.39 is 36.6 Å². The Morgan fingerprint density at radius 3 is 2.42 bits per heavy atom. The van der Waals surface area contributed by atoms with Crippen molar-refractivity contribution in [1.82, 2.24) is 9.88 Å². The predicted octanol–water partition coefficient (Wildman–Crippen LogP) is 3.34. The molecule has 0 fully saturated rings. The zero-order chi connectivity index (χ0) is 37.4. The molecule has 0 bridgehead atoms. The van der Waals surface area contributed by atoms with Gasteiger partial charge in [0.15, 0.2) is 11.5 Å². The smallest absolute Gasteiger partial charge is 0.161 e. The number of fused-ring (bicyclic) bond motifs is 1. The van der Waals surface area contributed by atoms with Gasteiger partial charge in [-0.15, -0.1) is 0 Å². The Morgan fingerprint density at radius 2 is 1.67 bits per heavy atom. The Labute approximate surface area is 310 Å². The van der Waals surface area contributed by atoms with Crippen LogP contribution < -0.4 is 18.9 Å². The summed E-state index contributed by atoms with van der Waals surface area (Å²) in [6, 6.07) is 19.1. The predicted molar refractivity (Wildman–Crippen MR) is 194 cm³/mol. The molecule has 0 amide bonds. The minimum Gasteiger partial charge on any atom is -0.488 e. The van der Waals surface area contributed by atoms with Crippen LogP contribution in [0.1, 0.15) is 27.8 Å². The molecule has 1 aliphatic rings. The number of hydrogen-bond acceptors (Lipinski definition) is 12. The highest BCUT2D eigenvalue weighted by molar-refractivity contribution is 6.32. The standard InChI is InChI=1S/C38H41ClN3O9Si/c1-22-26(4-3-5-28(22)25-6-7-32-35(12-25)49-9-8-48-32)21-51-34-13-33(50-20-24-10-23(14-40)15-41-16-24)27(11-29(34)39)17-42(2)18-30(44)38(52)37(47)36(46)31(45)19-43/h3-7,10-13,15-16,30-31,36-38,43-47H,8-9,17-21H2,1-2H3/t30-,31+,36+,37-,38?/m1/s1. The molecule has 12 nitrogen and oxygen atoms in total. The van der Waals surface area contributed by atoms with Crippen LogP contribution in [0, 0.1) is 18.3 Å². The molecule has 5 N–H and O–H groups in total. The molecule has 0 aliphatic carbocycles. The molecule has 0 saturated heterocycles. The highest BCUT2D eigenvalue weighted by atomic mass is 35.5. The van der Waals surface area contributed by atoms with Crippen molar-refractivity contribution in [2.75, 3.05) is 33.4 Å². The topological polar surface area (TPSA) is 178 Å².